The molecule has 1 N–H and O–H groups in total. The van der Waals surface area contributed by atoms with Gasteiger partial charge in [0, 0.05) is 12.1 Å². The maximum absolute atomic E-state index is 14.5. The Bertz CT molecular complexity index is 1400. The van der Waals surface area contributed by atoms with Crippen LogP contribution >= 0.6 is 46.1 Å². The number of carbonyl (C=O) groups excluding carboxylic acids is 2. The lowest BCUT2D eigenvalue weighted by Crippen LogP contribution is -2.43. The number of amides is 2. The van der Waals surface area contributed by atoms with Crippen molar-refractivity contribution in [3.8, 4) is 0 Å². The molecular weight excluding hydrogens is 631 g/mol. The van der Waals surface area contributed by atoms with E-state index in [9.17, 15) is 35.9 Å². The first-order valence-corrected chi connectivity index (χ1v) is 13.8. The largest absolute Gasteiger partial charge is 0.435 e. The Kier molecular flexibility index (Phi) is 7.50. The smallest absolute Gasteiger partial charge is 0.374 e. The molecule has 3 aliphatic rings. The minimum atomic E-state index is -4.94. The average molecular weight is 649 g/mol. The molecule has 0 spiro atoms. The van der Waals surface area contributed by atoms with E-state index in [0.29, 0.717) is 40.2 Å². The molecule has 6 nitrogen and oxygen atoms in total. The number of hydrogen-bond donors (Lipinski definition) is 1. The van der Waals surface area contributed by atoms with Crippen LogP contribution in [-0.2, 0) is 28.1 Å². The standard InChI is InChI=1S/C24H18Cl3F6N3O3S/c25-13-6-10(7-14(26)17(13)27)22(24(31,32)33)8-16(35-39-22)18-11-2-1-3-12(11)19(40-18)20(37)34-15-4-5-36(21(15)38)9-23(28,29)30/h6-7,15H,1-5,8-9H2,(H,34,37). The summed E-state index contributed by atoms with van der Waals surface area (Å²) in [5.41, 5.74) is -2.07. The summed E-state index contributed by atoms with van der Waals surface area (Å²) < 4.78 is 81.6. The third-order valence-corrected chi connectivity index (χ3v) is 9.57. The number of likely N-dealkylation sites (tertiary alicyclic amines) is 1. The van der Waals surface area contributed by atoms with Crippen LogP contribution in [0.15, 0.2) is 17.3 Å². The summed E-state index contributed by atoms with van der Waals surface area (Å²) in [7, 11) is 0. The second-order valence-electron chi connectivity index (χ2n) is 9.65. The molecule has 2 atom stereocenters. The van der Waals surface area contributed by atoms with Gasteiger partial charge in [0.05, 0.1) is 31.2 Å². The molecule has 0 bridgehead atoms. The van der Waals surface area contributed by atoms with Crippen LogP contribution in [0.2, 0.25) is 15.1 Å². The molecule has 2 amide bonds. The topological polar surface area (TPSA) is 71.0 Å². The molecule has 1 fully saturated rings. The van der Waals surface area contributed by atoms with Gasteiger partial charge in [0.1, 0.15) is 18.3 Å². The molecule has 5 rings (SSSR count). The monoisotopic (exact) mass is 647 g/mol. The molecule has 2 aromatic rings. The van der Waals surface area contributed by atoms with Gasteiger partial charge in [-0.1, -0.05) is 40.0 Å². The molecule has 1 aliphatic carbocycles. The molecular formula is C24H18Cl3F6N3O3S. The maximum atomic E-state index is 14.5. The molecule has 1 aromatic carbocycles. The second kappa shape index (κ2) is 10.2. The highest BCUT2D eigenvalue weighted by Gasteiger charge is 2.63. The summed E-state index contributed by atoms with van der Waals surface area (Å²) in [5, 5.41) is 5.77. The van der Waals surface area contributed by atoms with Crippen molar-refractivity contribution >= 4 is 63.7 Å². The van der Waals surface area contributed by atoms with Crippen LogP contribution in [0.5, 0.6) is 0 Å². The number of nitrogens with one attached hydrogen (secondary N) is 1. The SMILES string of the molecule is O=C(NC1CCN(CC(F)(F)F)C1=O)c1sc(C2=NOC(c3cc(Cl)c(Cl)c(Cl)c3)(C(F)(F)F)C2)c2c1CCC2. The molecule has 0 radical (unpaired) electrons. The van der Waals surface area contributed by atoms with Crippen molar-refractivity contribution in [2.24, 2.45) is 5.16 Å². The second-order valence-corrected chi connectivity index (χ2v) is 11.9. The number of nitrogens with zero attached hydrogens (tertiary/aromatic N) is 2. The summed E-state index contributed by atoms with van der Waals surface area (Å²) in [6.07, 6.45) is -8.66. The third-order valence-electron chi connectivity index (χ3n) is 7.05. The van der Waals surface area contributed by atoms with E-state index >= 15 is 0 Å². The highest BCUT2D eigenvalue weighted by molar-refractivity contribution is 7.16. The number of fused-ring (bicyclic) bond motifs is 1. The molecule has 16 heteroatoms. The van der Waals surface area contributed by atoms with Crippen LogP contribution < -0.4 is 5.32 Å². The van der Waals surface area contributed by atoms with E-state index in [4.69, 9.17) is 39.6 Å². The van der Waals surface area contributed by atoms with Crippen LogP contribution in [0.25, 0.3) is 0 Å². The van der Waals surface area contributed by atoms with Gasteiger partial charge in [-0.05, 0) is 48.9 Å². The van der Waals surface area contributed by atoms with Gasteiger partial charge in [0.25, 0.3) is 11.5 Å². The third kappa shape index (κ3) is 5.14. The van der Waals surface area contributed by atoms with Gasteiger partial charge in [-0.3, -0.25) is 9.59 Å². The highest BCUT2D eigenvalue weighted by Crippen LogP contribution is 2.52. The molecule has 2 aliphatic heterocycles. The Balaban J connectivity index is 1.41. The van der Waals surface area contributed by atoms with Gasteiger partial charge >= 0.3 is 12.4 Å². The number of benzene rings is 1. The Morgan fingerprint density at radius 3 is 2.40 bits per heavy atom. The Morgan fingerprint density at radius 1 is 1.12 bits per heavy atom. The van der Waals surface area contributed by atoms with Crippen molar-refractivity contribution in [2.45, 2.75) is 56.1 Å². The maximum Gasteiger partial charge on any atom is 0.435 e. The zero-order chi connectivity index (χ0) is 29.2. The molecule has 1 aromatic heterocycles. The van der Waals surface area contributed by atoms with Crippen LogP contribution in [0, 0.1) is 0 Å². The molecule has 0 saturated carbocycles. The molecule has 40 heavy (non-hydrogen) atoms. The summed E-state index contributed by atoms with van der Waals surface area (Å²) in [6.45, 7) is -1.58. The molecule has 1 saturated heterocycles. The van der Waals surface area contributed by atoms with E-state index in [1.807, 2.05) is 0 Å². The number of carbonyl (C=O) groups is 2. The van der Waals surface area contributed by atoms with Crippen molar-refractivity contribution in [2.75, 3.05) is 13.1 Å². The van der Waals surface area contributed by atoms with Crippen molar-refractivity contribution in [1.29, 1.82) is 0 Å². The lowest BCUT2D eigenvalue weighted by atomic mass is 9.87. The van der Waals surface area contributed by atoms with E-state index in [1.54, 1.807) is 0 Å². The van der Waals surface area contributed by atoms with E-state index in [1.165, 1.54) is 0 Å². The van der Waals surface area contributed by atoms with E-state index in [-0.39, 0.29) is 38.6 Å². The molecule has 216 valence electrons. The van der Waals surface area contributed by atoms with Crippen molar-refractivity contribution in [1.82, 2.24) is 10.2 Å². The predicted molar refractivity (Wildman–Crippen MR) is 136 cm³/mol. The summed E-state index contributed by atoms with van der Waals surface area (Å²) in [4.78, 5) is 31.8. The number of thiophene rings is 1. The van der Waals surface area contributed by atoms with Crippen LogP contribution in [0.1, 0.15) is 50.5 Å². The first-order valence-electron chi connectivity index (χ1n) is 11.9. The van der Waals surface area contributed by atoms with Gasteiger partial charge in [0.2, 0.25) is 5.91 Å². The number of alkyl halides is 6. The quantitative estimate of drug-likeness (QED) is 0.291. The number of hydrogen-bond acceptors (Lipinski definition) is 5. The molecule has 3 heterocycles. The first kappa shape index (κ1) is 29.3. The summed E-state index contributed by atoms with van der Waals surface area (Å²) >= 11 is 18.8. The fourth-order valence-electron chi connectivity index (χ4n) is 5.17. The minimum absolute atomic E-state index is 0.00192. The normalized spacial score (nSPS) is 22.9. The minimum Gasteiger partial charge on any atom is -0.374 e. The van der Waals surface area contributed by atoms with Crippen LogP contribution in [0.3, 0.4) is 0 Å². The lowest BCUT2D eigenvalue weighted by Gasteiger charge is -2.29. The van der Waals surface area contributed by atoms with Gasteiger partial charge in [-0.25, -0.2) is 0 Å². The van der Waals surface area contributed by atoms with Crippen molar-refractivity contribution < 1.29 is 40.8 Å². The van der Waals surface area contributed by atoms with Gasteiger partial charge < -0.3 is 15.1 Å². The van der Waals surface area contributed by atoms with Crippen molar-refractivity contribution in [3.05, 3.63) is 53.6 Å². The zero-order valence-corrected chi connectivity index (χ0v) is 23.2. The lowest BCUT2D eigenvalue weighted by molar-refractivity contribution is -0.275. The van der Waals surface area contributed by atoms with Gasteiger partial charge in [-0.15, -0.1) is 11.3 Å². The average Bonchev–Trinajstić information content (AvgIpc) is 3.62. The Labute approximate surface area is 242 Å². The van der Waals surface area contributed by atoms with E-state index in [0.717, 1.165) is 23.5 Å². The van der Waals surface area contributed by atoms with E-state index in [2.05, 4.69) is 10.5 Å². The zero-order valence-electron chi connectivity index (χ0n) is 20.1. The summed E-state index contributed by atoms with van der Waals surface area (Å²) in [5.74, 6) is -1.53. The number of oxime groups is 1. The molecule has 2 unspecified atom stereocenters. The first-order chi connectivity index (χ1) is 18.6. The number of halogens is 9. The van der Waals surface area contributed by atoms with Crippen LogP contribution in [0.4, 0.5) is 26.3 Å². The van der Waals surface area contributed by atoms with E-state index < -0.39 is 54.3 Å². The summed E-state index contributed by atoms with van der Waals surface area (Å²) in [6, 6.07) is 0.891. The van der Waals surface area contributed by atoms with Gasteiger partial charge in [0.15, 0.2) is 0 Å². The fraction of sp³-hybridized carbons (Fsp3) is 0.458. The Morgan fingerprint density at radius 2 is 1.77 bits per heavy atom. The van der Waals surface area contributed by atoms with Crippen LogP contribution in [-0.4, -0.2) is 53.9 Å². The number of rotatable bonds is 5. The predicted octanol–water partition coefficient (Wildman–Crippen LogP) is 6.67. The van der Waals surface area contributed by atoms with Gasteiger partial charge in [-0.2, -0.15) is 26.3 Å². The highest BCUT2D eigenvalue weighted by atomic mass is 35.5. The Hall–Kier alpha value is -2.22. The van der Waals surface area contributed by atoms with Crippen molar-refractivity contribution in [3.63, 3.8) is 0 Å². The fourth-order valence-corrected chi connectivity index (χ4v) is 7.05.